The van der Waals surface area contributed by atoms with Crippen LogP contribution in [-0.2, 0) is 0 Å². The molecule has 0 spiro atoms. The average Bonchev–Trinajstić information content (AvgIpc) is 3.29. The molecule has 2 saturated carbocycles. The molecule has 4 nitrogen and oxygen atoms in total. The van der Waals surface area contributed by atoms with Crippen molar-refractivity contribution in [1.29, 1.82) is 0 Å². The summed E-state index contributed by atoms with van der Waals surface area (Å²) < 4.78 is 5.30. The molecule has 2 N–H and O–H groups in total. The number of carboxylic acids is 1. The predicted molar refractivity (Wildman–Crippen MR) is 99.8 cm³/mol. The molecule has 2 aromatic carbocycles. The first-order valence-corrected chi connectivity index (χ1v) is 9.44. The minimum atomic E-state index is -0.857. The molecule has 1 heterocycles. The molecule has 1 aliphatic heterocycles. The Labute approximate surface area is 153 Å². The van der Waals surface area contributed by atoms with Crippen molar-refractivity contribution in [1.82, 2.24) is 0 Å². The molecule has 0 amide bonds. The van der Waals surface area contributed by atoms with Crippen LogP contribution in [0.15, 0.2) is 42.5 Å². The molecule has 4 heteroatoms. The van der Waals surface area contributed by atoms with Crippen LogP contribution in [0.4, 0.5) is 5.69 Å². The number of rotatable bonds is 3. The van der Waals surface area contributed by atoms with E-state index in [1.165, 1.54) is 30.4 Å². The maximum atomic E-state index is 11.8. The van der Waals surface area contributed by atoms with Gasteiger partial charge in [-0.3, -0.25) is 0 Å². The molecular formula is C22H23NO3. The van der Waals surface area contributed by atoms with Gasteiger partial charge in [-0.1, -0.05) is 24.3 Å². The minimum absolute atomic E-state index is 0.161. The minimum Gasteiger partial charge on any atom is -0.497 e. The Balaban J connectivity index is 1.64. The van der Waals surface area contributed by atoms with Crippen molar-refractivity contribution in [2.75, 3.05) is 12.4 Å². The number of nitrogens with one attached hydrogen (secondary N) is 1. The quantitative estimate of drug-likeness (QED) is 0.844. The van der Waals surface area contributed by atoms with Gasteiger partial charge in [0.1, 0.15) is 5.75 Å². The molecule has 2 aliphatic carbocycles. The van der Waals surface area contributed by atoms with Crippen molar-refractivity contribution < 1.29 is 14.6 Å². The lowest BCUT2D eigenvalue weighted by molar-refractivity contribution is 0.0697. The number of aromatic carboxylic acids is 1. The zero-order valence-corrected chi connectivity index (χ0v) is 14.8. The number of fused-ring (bicyclic) bond motifs is 7. The third-order valence-corrected chi connectivity index (χ3v) is 6.83. The SMILES string of the molecule is COc1ccc([C@@H]2Nc3c(C(=O)O)cccc3[C@@H]3[C@H]4CC[C@@H](C4)[C@@H]32)cc1. The Hall–Kier alpha value is -2.49. The fraction of sp³-hybridized carbons (Fsp3) is 0.409. The standard InChI is InChI=1S/C22H23NO3/c1-26-15-9-7-12(8-10-15)20-19-14-6-5-13(11-14)18(19)16-3-2-4-17(22(24)25)21(16)23-20/h2-4,7-10,13-14,18-20,23H,5-6,11H2,1H3,(H,24,25)/t13-,14-,18-,19-,20-/m0/s1. The average molecular weight is 349 g/mol. The van der Waals surface area contributed by atoms with E-state index in [4.69, 9.17) is 4.74 Å². The lowest BCUT2D eigenvalue weighted by atomic mass is 9.67. The number of anilines is 1. The Morgan fingerprint density at radius 1 is 1.12 bits per heavy atom. The highest BCUT2D eigenvalue weighted by Gasteiger charge is 2.54. The predicted octanol–water partition coefficient (Wildman–Crippen LogP) is 4.69. The first kappa shape index (κ1) is 15.7. The van der Waals surface area contributed by atoms with Gasteiger partial charge in [-0.15, -0.1) is 0 Å². The fourth-order valence-electron chi connectivity index (χ4n) is 5.83. The summed E-state index contributed by atoms with van der Waals surface area (Å²) >= 11 is 0. The molecule has 0 saturated heterocycles. The second-order valence-corrected chi connectivity index (χ2v) is 7.91. The van der Waals surface area contributed by atoms with Gasteiger partial charge in [-0.25, -0.2) is 4.79 Å². The summed E-state index contributed by atoms with van der Waals surface area (Å²) in [5, 5.41) is 13.3. The van der Waals surface area contributed by atoms with Crippen LogP contribution < -0.4 is 10.1 Å². The lowest BCUT2D eigenvalue weighted by Gasteiger charge is -2.44. The lowest BCUT2D eigenvalue weighted by Crippen LogP contribution is -2.36. The molecule has 26 heavy (non-hydrogen) atoms. The van der Waals surface area contributed by atoms with E-state index >= 15 is 0 Å². The maximum Gasteiger partial charge on any atom is 0.337 e. The van der Waals surface area contributed by atoms with Gasteiger partial charge >= 0.3 is 5.97 Å². The van der Waals surface area contributed by atoms with Crippen LogP contribution in [0.5, 0.6) is 5.75 Å². The van der Waals surface area contributed by atoms with E-state index in [2.05, 4.69) is 23.5 Å². The van der Waals surface area contributed by atoms with E-state index in [0.717, 1.165) is 17.4 Å². The molecule has 2 fully saturated rings. The summed E-state index contributed by atoms with van der Waals surface area (Å²) in [6.07, 6.45) is 3.85. The van der Waals surface area contributed by atoms with E-state index < -0.39 is 5.97 Å². The van der Waals surface area contributed by atoms with E-state index in [0.29, 0.717) is 23.3 Å². The second-order valence-electron chi connectivity index (χ2n) is 7.91. The van der Waals surface area contributed by atoms with Crippen LogP contribution in [0.1, 0.15) is 52.7 Å². The van der Waals surface area contributed by atoms with Crippen molar-refractivity contribution >= 4 is 11.7 Å². The number of para-hydroxylation sites is 1. The Morgan fingerprint density at radius 2 is 1.88 bits per heavy atom. The molecular weight excluding hydrogens is 326 g/mol. The van der Waals surface area contributed by atoms with E-state index in [-0.39, 0.29) is 6.04 Å². The normalized spacial score (nSPS) is 31.0. The van der Waals surface area contributed by atoms with Crippen LogP contribution in [0.2, 0.25) is 0 Å². The van der Waals surface area contributed by atoms with Gasteiger partial charge in [0.2, 0.25) is 0 Å². The second kappa shape index (κ2) is 5.76. The third-order valence-electron chi connectivity index (χ3n) is 6.83. The number of carbonyl (C=O) groups is 1. The monoisotopic (exact) mass is 349 g/mol. The molecule has 2 bridgehead atoms. The van der Waals surface area contributed by atoms with Gasteiger partial charge in [0.25, 0.3) is 0 Å². The van der Waals surface area contributed by atoms with Crippen LogP contribution in [0, 0.1) is 17.8 Å². The van der Waals surface area contributed by atoms with Crippen molar-refractivity contribution in [2.24, 2.45) is 17.8 Å². The molecule has 0 unspecified atom stereocenters. The molecule has 2 aromatic rings. The molecule has 5 rings (SSSR count). The summed E-state index contributed by atoms with van der Waals surface area (Å²) in [6, 6.07) is 14.1. The summed E-state index contributed by atoms with van der Waals surface area (Å²) in [4.78, 5) is 11.8. The molecule has 3 aliphatic rings. The first-order valence-electron chi connectivity index (χ1n) is 9.44. The van der Waals surface area contributed by atoms with Crippen molar-refractivity contribution in [3.8, 4) is 5.75 Å². The highest BCUT2D eigenvalue weighted by atomic mass is 16.5. The smallest absolute Gasteiger partial charge is 0.337 e. The van der Waals surface area contributed by atoms with Gasteiger partial charge in [0, 0.05) is 0 Å². The van der Waals surface area contributed by atoms with Crippen molar-refractivity contribution in [2.45, 2.75) is 31.2 Å². The van der Waals surface area contributed by atoms with Gasteiger partial charge in [0.05, 0.1) is 24.4 Å². The summed E-state index contributed by atoms with van der Waals surface area (Å²) in [5.41, 5.74) is 3.66. The summed E-state index contributed by atoms with van der Waals surface area (Å²) in [6.45, 7) is 0. The highest BCUT2D eigenvalue weighted by molar-refractivity contribution is 5.95. The van der Waals surface area contributed by atoms with Gasteiger partial charge < -0.3 is 15.2 Å². The number of hydrogen-bond donors (Lipinski definition) is 2. The number of ether oxygens (including phenoxy) is 1. The van der Waals surface area contributed by atoms with E-state index in [1.54, 1.807) is 13.2 Å². The van der Waals surface area contributed by atoms with E-state index in [1.807, 2.05) is 18.2 Å². The summed E-state index contributed by atoms with van der Waals surface area (Å²) in [5.74, 6) is 2.42. The number of carboxylic acid groups (broad SMARTS) is 1. The Bertz CT molecular complexity index is 860. The maximum absolute atomic E-state index is 11.8. The largest absolute Gasteiger partial charge is 0.497 e. The zero-order chi connectivity index (χ0) is 17.8. The zero-order valence-electron chi connectivity index (χ0n) is 14.8. The van der Waals surface area contributed by atoms with Crippen LogP contribution in [0.3, 0.4) is 0 Å². The highest BCUT2D eigenvalue weighted by Crippen LogP contribution is 2.64. The topological polar surface area (TPSA) is 58.6 Å². The Kier molecular flexibility index (Phi) is 3.49. The van der Waals surface area contributed by atoms with E-state index in [9.17, 15) is 9.90 Å². The van der Waals surface area contributed by atoms with Crippen molar-refractivity contribution in [3.05, 3.63) is 59.2 Å². The van der Waals surface area contributed by atoms with Crippen LogP contribution in [0.25, 0.3) is 0 Å². The fourth-order valence-corrected chi connectivity index (χ4v) is 5.83. The third kappa shape index (κ3) is 2.17. The van der Waals surface area contributed by atoms with Crippen molar-refractivity contribution in [3.63, 3.8) is 0 Å². The molecule has 0 radical (unpaired) electrons. The van der Waals surface area contributed by atoms with Gasteiger partial charge in [0.15, 0.2) is 0 Å². The van der Waals surface area contributed by atoms with Crippen LogP contribution in [-0.4, -0.2) is 18.2 Å². The number of methoxy groups -OCH3 is 1. The Morgan fingerprint density at radius 3 is 2.62 bits per heavy atom. The summed E-state index contributed by atoms with van der Waals surface area (Å²) in [7, 11) is 1.68. The first-order chi connectivity index (χ1) is 12.7. The molecule has 5 atom stereocenters. The molecule has 134 valence electrons. The molecule has 0 aromatic heterocycles. The number of hydrogen-bond acceptors (Lipinski definition) is 3. The number of benzene rings is 2. The van der Waals surface area contributed by atoms with Gasteiger partial charge in [-0.2, -0.15) is 0 Å². The van der Waals surface area contributed by atoms with Crippen LogP contribution >= 0.6 is 0 Å². The van der Waals surface area contributed by atoms with Gasteiger partial charge in [-0.05, 0) is 72.3 Å².